The largest absolute Gasteiger partial charge is 0.449 e. The van der Waals surface area contributed by atoms with Gasteiger partial charge in [0.2, 0.25) is 0 Å². The first-order valence-electron chi connectivity index (χ1n) is 10.7. The number of nitrogens with one attached hydrogen (secondary N) is 3. The van der Waals surface area contributed by atoms with Gasteiger partial charge in [-0.05, 0) is 61.9 Å². The summed E-state index contributed by atoms with van der Waals surface area (Å²) in [6.45, 7) is 2.58. The van der Waals surface area contributed by atoms with Gasteiger partial charge in [-0.2, -0.15) is 26.3 Å². The van der Waals surface area contributed by atoms with E-state index < -0.39 is 35.7 Å². The Kier molecular flexibility index (Phi) is 7.42. The lowest BCUT2D eigenvalue weighted by atomic mass is 9.90. The van der Waals surface area contributed by atoms with E-state index in [0.29, 0.717) is 30.3 Å². The summed E-state index contributed by atoms with van der Waals surface area (Å²) in [6.07, 6.45) is -11.2. The molecule has 0 aliphatic heterocycles. The number of alkyl halides is 7. The highest BCUT2D eigenvalue weighted by Crippen LogP contribution is 2.53. The number of anilines is 3. The van der Waals surface area contributed by atoms with Crippen LogP contribution in [0.15, 0.2) is 36.4 Å². The molecule has 0 radical (unpaired) electrons. The number of benzene rings is 2. The van der Waals surface area contributed by atoms with Crippen molar-refractivity contribution in [3.63, 3.8) is 0 Å². The van der Waals surface area contributed by atoms with Gasteiger partial charge in [0.05, 0.1) is 6.61 Å². The van der Waals surface area contributed by atoms with E-state index in [1.165, 1.54) is 18.2 Å². The predicted molar refractivity (Wildman–Crippen MR) is 118 cm³/mol. The SMILES string of the molecule is Cc1cc(C(F)(C(F)(F)F)C(F)(F)F)cc(C)c1NC(=O)Nc1cccc(NC(=O)OCC2CC2)c1. The first-order chi connectivity index (χ1) is 16.6. The fourth-order valence-corrected chi connectivity index (χ4v) is 3.43. The summed E-state index contributed by atoms with van der Waals surface area (Å²) in [7, 11) is 0. The molecule has 2 aromatic carbocycles. The van der Waals surface area contributed by atoms with Crippen LogP contribution in [0.25, 0.3) is 0 Å². The molecule has 3 rings (SSSR count). The Balaban J connectivity index is 1.72. The first kappa shape index (κ1) is 27.1. The van der Waals surface area contributed by atoms with E-state index in [0.717, 1.165) is 26.7 Å². The summed E-state index contributed by atoms with van der Waals surface area (Å²) in [4.78, 5) is 24.3. The van der Waals surface area contributed by atoms with Crippen molar-refractivity contribution in [2.45, 2.75) is 44.7 Å². The van der Waals surface area contributed by atoms with Crippen LogP contribution in [0.2, 0.25) is 0 Å². The lowest BCUT2D eigenvalue weighted by Gasteiger charge is -2.31. The topological polar surface area (TPSA) is 79.5 Å². The maximum absolute atomic E-state index is 14.4. The maximum atomic E-state index is 14.4. The molecule has 13 heteroatoms. The molecule has 36 heavy (non-hydrogen) atoms. The van der Waals surface area contributed by atoms with Crippen molar-refractivity contribution in [1.29, 1.82) is 0 Å². The Morgan fingerprint density at radius 2 is 1.39 bits per heavy atom. The highest BCUT2D eigenvalue weighted by atomic mass is 19.4. The molecule has 1 saturated carbocycles. The molecular weight excluding hydrogens is 499 g/mol. The Hall–Kier alpha value is -3.51. The van der Waals surface area contributed by atoms with E-state index in [4.69, 9.17) is 4.74 Å². The summed E-state index contributed by atoms with van der Waals surface area (Å²) in [6, 6.07) is 5.85. The molecule has 1 fully saturated rings. The molecule has 0 unspecified atom stereocenters. The van der Waals surface area contributed by atoms with Gasteiger partial charge in [0.25, 0.3) is 0 Å². The van der Waals surface area contributed by atoms with Crippen molar-refractivity contribution in [1.82, 2.24) is 0 Å². The lowest BCUT2D eigenvalue weighted by molar-refractivity contribution is -0.348. The number of urea groups is 1. The fourth-order valence-electron chi connectivity index (χ4n) is 3.43. The monoisotopic (exact) mass is 521 g/mol. The number of carbonyl (C=O) groups is 2. The number of rotatable bonds is 6. The second-order valence-corrected chi connectivity index (χ2v) is 8.47. The van der Waals surface area contributed by atoms with Gasteiger partial charge in [0.15, 0.2) is 0 Å². The van der Waals surface area contributed by atoms with Crippen LogP contribution < -0.4 is 16.0 Å². The van der Waals surface area contributed by atoms with Crippen LogP contribution in [0.5, 0.6) is 0 Å². The lowest BCUT2D eigenvalue weighted by Crippen LogP contribution is -2.50. The Labute approximate surface area is 201 Å². The summed E-state index contributed by atoms with van der Waals surface area (Å²) in [5.41, 5.74) is -7.23. The van der Waals surface area contributed by atoms with Crippen LogP contribution in [-0.4, -0.2) is 31.1 Å². The van der Waals surface area contributed by atoms with Crippen molar-refractivity contribution < 1.29 is 45.1 Å². The molecule has 0 bridgehead atoms. The van der Waals surface area contributed by atoms with Gasteiger partial charge in [-0.15, -0.1) is 0 Å². The number of hydrogen-bond donors (Lipinski definition) is 3. The number of amides is 3. The van der Waals surface area contributed by atoms with Crippen LogP contribution in [-0.2, 0) is 10.4 Å². The van der Waals surface area contributed by atoms with E-state index >= 15 is 0 Å². The Morgan fingerprint density at radius 3 is 1.89 bits per heavy atom. The van der Waals surface area contributed by atoms with Gasteiger partial charge in [-0.25, -0.2) is 14.0 Å². The molecule has 0 saturated heterocycles. The fraction of sp³-hybridized carbons (Fsp3) is 0.391. The Morgan fingerprint density at radius 1 is 0.861 bits per heavy atom. The third-order valence-electron chi connectivity index (χ3n) is 5.46. The maximum Gasteiger partial charge on any atom is 0.435 e. The minimum atomic E-state index is -6.25. The van der Waals surface area contributed by atoms with Gasteiger partial charge < -0.3 is 15.4 Å². The minimum Gasteiger partial charge on any atom is -0.449 e. The number of aryl methyl sites for hydroxylation is 2. The second kappa shape index (κ2) is 9.86. The van der Waals surface area contributed by atoms with E-state index in [2.05, 4.69) is 16.0 Å². The van der Waals surface area contributed by atoms with Gasteiger partial charge in [-0.3, -0.25) is 5.32 Å². The van der Waals surface area contributed by atoms with Crippen molar-refractivity contribution >= 4 is 29.2 Å². The average molecular weight is 521 g/mol. The van der Waals surface area contributed by atoms with Crippen LogP contribution >= 0.6 is 0 Å². The molecule has 3 N–H and O–H groups in total. The standard InChI is InChI=1S/C23H22F7N3O3/c1-12-8-15(21(24,22(25,26)27)23(28,29)30)9-13(2)18(12)33-19(34)31-16-4-3-5-17(10-16)32-20(35)36-11-14-6-7-14/h3-5,8-10,14H,6-7,11H2,1-2H3,(H,32,35)(H2,31,33,34). The predicted octanol–water partition coefficient (Wildman–Crippen LogP) is 7.20. The molecule has 3 amide bonds. The summed E-state index contributed by atoms with van der Waals surface area (Å²) in [5, 5.41) is 7.27. The van der Waals surface area contributed by atoms with Gasteiger partial charge in [-0.1, -0.05) is 18.2 Å². The average Bonchev–Trinajstić information content (AvgIpc) is 3.57. The summed E-state index contributed by atoms with van der Waals surface area (Å²) in [5.74, 6) is 0.372. The van der Waals surface area contributed by atoms with E-state index in [1.807, 2.05) is 0 Å². The van der Waals surface area contributed by atoms with Crippen LogP contribution in [0.3, 0.4) is 0 Å². The Bertz CT molecular complexity index is 1110. The quantitative estimate of drug-likeness (QED) is 0.352. The van der Waals surface area contributed by atoms with Crippen molar-refractivity contribution in [3.05, 3.63) is 53.1 Å². The molecular formula is C23H22F7N3O3. The third kappa shape index (κ3) is 6.00. The zero-order chi connectivity index (χ0) is 26.9. The summed E-state index contributed by atoms with van der Waals surface area (Å²) >= 11 is 0. The smallest absolute Gasteiger partial charge is 0.435 e. The van der Waals surface area contributed by atoms with Crippen molar-refractivity contribution in [2.75, 3.05) is 22.6 Å². The normalized spacial score (nSPS) is 14.2. The van der Waals surface area contributed by atoms with Crippen LogP contribution in [0.1, 0.15) is 29.5 Å². The molecule has 6 nitrogen and oxygen atoms in total. The van der Waals surface area contributed by atoms with Crippen LogP contribution in [0, 0.1) is 19.8 Å². The molecule has 0 aromatic heterocycles. The molecule has 196 valence electrons. The van der Waals surface area contributed by atoms with Crippen LogP contribution in [0.4, 0.5) is 57.4 Å². The van der Waals surface area contributed by atoms with E-state index in [9.17, 15) is 40.3 Å². The zero-order valence-corrected chi connectivity index (χ0v) is 19.0. The van der Waals surface area contributed by atoms with E-state index in [1.54, 1.807) is 6.07 Å². The van der Waals surface area contributed by atoms with Gasteiger partial charge in [0.1, 0.15) is 0 Å². The molecule has 0 heterocycles. The van der Waals surface area contributed by atoms with Crippen molar-refractivity contribution in [3.8, 4) is 0 Å². The first-order valence-corrected chi connectivity index (χ1v) is 10.7. The molecule has 0 spiro atoms. The molecule has 1 aliphatic rings. The minimum absolute atomic E-state index is 0.0964. The van der Waals surface area contributed by atoms with Gasteiger partial charge in [0, 0.05) is 22.6 Å². The highest BCUT2D eigenvalue weighted by molar-refractivity contribution is 6.01. The molecule has 0 atom stereocenters. The number of ether oxygens (including phenoxy) is 1. The molecule has 1 aliphatic carbocycles. The zero-order valence-electron chi connectivity index (χ0n) is 19.0. The van der Waals surface area contributed by atoms with Gasteiger partial charge >= 0.3 is 30.1 Å². The second-order valence-electron chi connectivity index (χ2n) is 8.47. The van der Waals surface area contributed by atoms with E-state index in [-0.39, 0.29) is 22.5 Å². The highest BCUT2D eigenvalue weighted by Gasteiger charge is 2.73. The van der Waals surface area contributed by atoms with Crippen molar-refractivity contribution in [2.24, 2.45) is 5.92 Å². The number of halogens is 7. The number of hydrogen-bond acceptors (Lipinski definition) is 3. The third-order valence-corrected chi connectivity index (χ3v) is 5.46. The number of carbonyl (C=O) groups excluding carboxylic acids is 2. The molecule has 2 aromatic rings. The summed E-state index contributed by atoms with van der Waals surface area (Å²) < 4.78 is 98.0.